The van der Waals surface area contributed by atoms with Crippen molar-refractivity contribution in [3.8, 4) is 0 Å². The van der Waals surface area contributed by atoms with Crippen LogP contribution in [0.4, 0.5) is 18.9 Å². The van der Waals surface area contributed by atoms with Gasteiger partial charge in [-0.3, -0.25) is 0 Å². The van der Waals surface area contributed by atoms with E-state index in [1.807, 2.05) is 25.1 Å². The van der Waals surface area contributed by atoms with Crippen LogP contribution < -0.4 is 5.32 Å². The van der Waals surface area contributed by atoms with Crippen LogP contribution in [0.25, 0.3) is 0 Å². The number of nitrogens with one attached hydrogen (secondary N) is 1. The van der Waals surface area contributed by atoms with E-state index in [-0.39, 0.29) is 11.8 Å². The highest BCUT2D eigenvalue weighted by atomic mass is 35.5. The zero-order valence-corrected chi connectivity index (χ0v) is 14.3. The van der Waals surface area contributed by atoms with Crippen LogP contribution in [0.2, 0.25) is 5.02 Å². The molecule has 1 aliphatic heterocycles. The van der Waals surface area contributed by atoms with Crippen LogP contribution in [0.3, 0.4) is 0 Å². The maximum atomic E-state index is 13.5. The molecule has 130 valence electrons. The van der Waals surface area contributed by atoms with Gasteiger partial charge in [-0.25, -0.2) is 0 Å². The second kappa shape index (κ2) is 5.80. The number of aryl methyl sites for hydroxylation is 1. The second-order valence-corrected chi connectivity index (χ2v) is 7.12. The van der Waals surface area contributed by atoms with E-state index in [4.69, 9.17) is 11.6 Å². The first-order valence-corrected chi connectivity index (χ1v) is 8.64. The summed E-state index contributed by atoms with van der Waals surface area (Å²) in [6.07, 6.45) is 0.495. The fourth-order valence-corrected chi connectivity index (χ4v) is 4.43. The fourth-order valence-electron chi connectivity index (χ4n) is 4.14. The van der Waals surface area contributed by atoms with Crippen LogP contribution in [0.1, 0.15) is 40.6 Å². The summed E-state index contributed by atoms with van der Waals surface area (Å²) in [4.78, 5) is 0. The molecule has 2 aliphatic rings. The van der Waals surface area contributed by atoms with Crippen molar-refractivity contribution in [3.05, 3.63) is 75.8 Å². The Morgan fingerprint density at radius 2 is 1.88 bits per heavy atom. The molecule has 4 rings (SSSR count). The van der Waals surface area contributed by atoms with E-state index in [1.165, 1.54) is 6.07 Å². The van der Waals surface area contributed by atoms with Gasteiger partial charge in [-0.05, 0) is 42.5 Å². The Balaban J connectivity index is 1.88. The monoisotopic (exact) mass is 363 g/mol. The number of hydrogen-bond donors (Lipinski definition) is 1. The highest BCUT2D eigenvalue weighted by Gasteiger charge is 2.43. The summed E-state index contributed by atoms with van der Waals surface area (Å²) in [6, 6.07) is 9.22. The highest BCUT2D eigenvalue weighted by Crippen LogP contribution is 2.53. The summed E-state index contributed by atoms with van der Waals surface area (Å²) in [6.45, 7) is 1.95. The molecule has 0 spiro atoms. The number of fused-ring (bicyclic) bond motifs is 3. The van der Waals surface area contributed by atoms with Crippen molar-refractivity contribution >= 4 is 17.3 Å². The van der Waals surface area contributed by atoms with Crippen LogP contribution in [0, 0.1) is 12.8 Å². The maximum absolute atomic E-state index is 13.5. The summed E-state index contributed by atoms with van der Waals surface area (Å²) in [7, 11) is 0. The van der Waals surface area contributed by atoms with Gasteiger partial charge in [0, 0.05) is 22.2 Å². The van der Waals surface area contributed by atoms with Crippen LogP contribution in [0.5, 0.6) is 0 Å². The molecule has 2 aromatic rings. The van der Waals surface area contributed by atoms with Crippen LogP contribution in [-0.2, 0) is 6.18 Å². The van der Waals surface area contributed by atoms with Crippen LogP contribution in [0.15, 0.2) is 48.6 Å². The number of allylic oxidation sites excluding steroid dienone is 2. The molecule has 0 fully saturated rings. The number of anilines is 1. The lowest BCUT2D eigenvalue weighted by atomic mass is 9.75. The van der Waals surface area contributed by atoms with Crippen LogP contribution in [-0.4, -0.2) is 0 Å². The summed E-state index contributed by atoms with van der Waals surface area (Å²) in [5.74, 6) is 0.0604. The molecule has 0 radical (unpaired) electrons. The average Bonchev–Trinajstić information content (AvgIpc) is 3.06. The van der Waals surface area contributed by atoms with E-state index in [9.17, 15) is 13.2 Å². The van der Waals surface area contributed by atoms with Crippen molar-refractivity contribution in [1.82, 2.24) is 0 Å². The molecule has 1 heterocycles. The Hall–Kier alpha value is -1.94. The van der Waals surface area contributed by atoms with Crippen molar-refractivity contribution in [2.75, 3.05) is 5.32 Å². The number of hydrogen-bond acceptors (Lipinski definition) is 1. The average molecular weight is 364 g/mol. The summed E-state index contributed by atoms with van der Waals surface area (Å²) in [5.41, 5.74) is 2.59. The first kappa shape index (κ1) is 16.5. The van der Waals surface area contributed by atoms with Gasteiger partial charge in [-0.1, -0.05) is 48.0 Å². The van der Waals surface area contributed by atoms with E-state index >= 15 is 0 Å². The van der Waals surface area contributed by atoms with E-state index in [0.717, 1.165) is 29.3 Å². The molecular formula is C20H17ClF3N. The highest BCUT2D eigenvalue weighted by molar-refractivity contribution is 6.32. The largest absolute Gasteiger partial charge is 0.416 e. The molecule has 0 amide bonds. The number of rotatable bonds is 1. The maximum Gasteiger partial charge on any atom is 0.416 e. The molecule has 2 aromatic carbocycles. The molecule has 0 bridgehead atoms. The molecule has 3 atom stereocenters. The van der Waals surface area contributed by atoms with Gasteiger partial charge in [0.1, 0.15) is 0 Å². The Morgan fingerprint density at radius 3 is 2.64 bits per heavy atom. The predicted molar refractivity (Wildman–Crippen MR) is 94.0 cm³/mol. The van der Waals surface area contributed by atoms with E-state index in [2.05, 4.69) is 11.4 Å². The Morgan fingerprint density at radius 1 is 1.12 bits per heavy atom. The summed E-state index contributed by atoms with van der Waals surface area (Å²) in [5, 5.41) is 4.05. The third-order valence-corrected chi connectivity index (χ3v) is 5.61. The summed E-state index contributed by atoms with van der Waals surface area (Å²) >= 11 is 6.42. The molecule has 0 unspecified atom stereocenters. The minimum Gasteiger partial charge on any atom is -0.377 e. The molecule has 0 saturated carbocycles. The first-order chi connectivity index (χ1) is 11.9. The van der Waals surface area contributed by atoms with Gasteiger partial charge in [-0.15, -0.1) is 0 Å². The third-order valence-electron chi connectivity index (χ3n) is 5.28. The quantitative estimate of drug-likeness (QED) is 0.571. The minimum absolute atomic E-state index is 0.0234. The third kappa shape index (κ3) is 2.63. The van der Waals surface area contributed by atoms with Crippen molar-refractivity contribution in [1.29, 1.82) is 0 Å². The lowest BCUT2D eigenvalue weighted by molar-refractivity contribution is -0.138. The van der Waals surface area contributed by atoms with Crippen molar-refractivity contribution in [3.63, 3.8) is 0 Å². The topological polar surface area (TPSA) is 12.0 Å². The zero-order valence-electron chi connectivity index (χ0n) is 13.6. The van der Waals surface area contributed by atoms with Crippen molar-refractivity contribution in [2.45, 2.75) is 31.5 Å². The Bertz CT molecular complexity index is 857. The van der Waals surface area contributed by atoms with E-state index in [1.54, 1.807) is 12.1 Å². The number of benzene rings is 2. The Kier molecular flexibility index (Phi) is 3.84. The van der Waals surface area contributed by atoms with Gasteiger partial charge in [0.15, 0.2) is 0 Å². The van der Waals surface area contributed by atoms with Gasteiger partial charge in [-0.2, -0.15) is 13.2 Å². The first-order valence-electron chi connectivity index (χ1n) is 8.26. The lowest BCUT2D eigenvalue weighted by Gasteiger charge is -2.39. The molecule has 0 saturated heterocycles. The van der Waals surface area contributed by atoms with Gasteiger partial charge in [0.25, 0.3) is 0 Å². The van der Waals surface area contributed by atoms with Gasteiger partial charge >= 0.3 is 6.18 Å². The molecule has 5 heteroatoms. The molecule has 1 nitrogen and oxygen atoms in total. The van der Waals surface area contributed by atoms with Gasteiger partial charge in [0.05, 0.1) is 11.6 Å². The molecule has 0 aromatic heterocycles. The Labute approximate surface area is 149 Å². The fraction of sp³-hybridized carbons (Fsp3) is 0.300. The van der Waals surface area contributed by atoms with Crippen molar-refractivity contribution in [2.24, 2.45) is 5.92 Å². The van der Waals surface area contributed by atoms with Crippen molar-refractivity contribution < 1.29 is 13.2 Å². The smallest absolute Gasteiger partial charge is 0.377 e. The predicted octanol–water partition coefficient (Wildman–Crippen LogP) is 6.49. The van der Waals surface area contributed by atoms with E-state index < -0.39 is 17.8 Å². The van der Waals surface area contributed by atoms with Gasteiger partial charge in [0.2, 0.25) is 0 Å². The molecular weight excluding hydrogens is 347 g/mol. The number of halogens is 4. The normalized spacial score (nSPS) is 24.6. The standard InChI is InChI=1S/C20H17ClF3N/c1-11-9-10-16(21)17-12-6-4-7-13(12)19(25-18(11)17)14-5-2-3-8-15(14)20(22,23)24/h2-6,8-10,12-13,19,25H,7H2,1H3/t12-,13-,19+/m1/s1. The number of alkyl halides is 3. The molecule has 1 N–H and O–H groups in total. The van der Waals surface area contributed by atoms with E-state index in [0.29, 0.717) is 10.6 Å². The molecule has 1 aliphatic carbocycles. The molecule has 25 heavy (non-hydrogen) atoms. The zero-order chi connectivity index (χ0) is 17.8. The van der Waals surface area contributed by atoms with Crippen LogP contribution >= 0.6 is 11.6 Å². The summed E-state index contributed by atoms with van der Waals surface area (Å²) < 4.78 is 40.6. The minimum atomic E-state index is -4.37. The van der Waals surface area contributed by atoms with Gasteiger partial charge < -0.3 is 5.32 Å². The SMILES string of the molecule is Cc1ccc(Cl)c2c1N[C@H](c1ccccc1C(F)(F)F)[C@@H]1CC=C[C@@H]21. The lowest BCUT2D eigenvalue weighted by Crippen LogP contribution is -2.31. The second-order valence-electron chi connectivity index (χ2n) is 6.71.